The van der Waals surface area contributed by atoms with E-state index in [-0.39, 0.29) is 11.1 Å². The predicted octanol–water partition coefficient (Wildman–Crippen LogP) is 3.47. The quantitative estimate of drug-likeness (QED) is 0.854. The first-order chi connectivity index (χ1) is 11.6. The van der Waals surface area contributed by atoms with Gasteiger partial charge in [0, 0.05) is 19.0 Å². The Labute approximate surface area is 146 Å². The molecule has 0 unspecified atom stereocenters. The summed E-state index contributed by atoms with van der Waals surface area (Å²) in [5, 5.41) is 7.69. The van der Waals surface area contributed by atoms with Crippen LogP contribution in [0.3, 0.4) is 0 Å². The number of amides is 1. The van der Waals surface area contributed by atoms with Gasteiger partial charge in [-0.2, -0.15) is 5.10 Å². The minimum atomic E-state index is -0.0392. The monoisotopic (exact) mass is 345 g/mol. The van der Waals surface area contributed by atoms with E-state index in [2.05, 4.69) is 23.2 Å². The first-order valence-corrected chi connectivity index (χ1v) is 8.38. The molecule has 1 saturated heterocycles. The molecule has 2 aromatic rings. The molecule has 126 valence electrons. The van der Waals surface area contributed by atoms with Crippen LogP contribution in [0.15, 0.2) is 30.5 Å². The third-order valence-electron chi connectivity index (χ3n) is 4.50. The van der Waals surface area contributed by atoms with Crippen LogP contribution < -0.4 is 4.74 Å². The summed E-state index contributed by atoms with van der Waals surface area (Å²) in [4.78, 5) is 14.6. The summed E-state index contributed by atoms with van der Waals surface area (Å²) in [5.74, 6) is 1.15. The minimum absolute atomic E-state index is 0.0392. The number of carbonyl (C=O) groups excluding carboxylic acids is 1. The molecule has 1 aromatic carbocycles. The van der Waals surface area contributed by atoms with E-state index < -0.39 is 0 Å². The SMILES string of the molecule is COc1ccc([C@@H]2CCCN(C(=O)c3cnnc(Cl)c3)C2)c(C)c1. The molecule has 1 aromatic heterocycles. The molecular formula is C18H20ClN3O2. The molecule has 2 heterocycles. The lowest BCUT2D eigenvalue weighted by atomic mass is 9.87. The van der Waals surface area contributed by atoms with Crippen molar-refractivity contribution in [3.8, 4) is 5.75 Å². The van der Waals surface area contributed by atoms with Gasteiger partial charge >= 0.3 is 0 Å². The lowest BCUT2D eigenvalue weighted by molar-refractivity contribution is 0.0706. The standard InChI is InChI=1S/C18H20ClN3O2/c1-12-8-15(24-2)5-6-16(12)13-4-3-7-22(11-13)18(23)14-9-17(19)21-20-10-14/h5-6,8-10,13H,3-4,7,11H2,1-2H3/t13-/m1/s1. The zero-order valence-electron chi connectivity index (χ0n) is 13.8. The predicted molar refractivity (Wildman–Crippen MR) is 92.7 cm³/mol. The number of rotatable bonds is 3. The largest absolute Gasteiger partial charge is 0.497 e. The van der Waals surface area contributed by atoms with Crippen molar-refractivity contribution < 1.29 is 9.53 Å². The Balaban J connectivity index is 1.78. The molecule has 0 saturated carbocycles. The molecule has 0 bridgehead atoms. The number of piperidine rings is 1. The molecule has 0 radical (unpaired) electrons. The molecule has 0 N–H and O–H groups in total. The highest BCUT2D eigenvalue weighted by Gasteiger charge is 2.26. The fourth-order valence-electron chi connectivity index (χ4n) is 3.29. The summed E-state index contributed by atoms with van der Waals surface area (Å²) >= 11 is 5.85. The third-order valence-corrected chi connectivity index (χ3v) is 4.68. The van der Waals surface area contributed by atoms with Crippen LogP contribution in [-0.2, 0) is 0 Å². The van der Waals surface area contributed by atoms with Gasteiger partial charge in [0.2, 0.25) is 0 Å². The smallest absolute Gasteiger partial charge is 0.255 e. The Hall–Kier alpha value is -2.14. The van der Waals surface area contributed by atoms with Gasteiger partial charge < -0.3 is 9.64 Å². The van der Waals surface area contributed by atoms with Crippen LogP contribution in [0.1, 0.15) is 40.2 Å². The maximum Gasteiger partial charge on any atom is 0.255 e. The maximum absolute atomic E-state index is 12.7. The number of aromatic nitrogens is 2. The second-order valence-corrected chi connectivity index (χ2v) is 6.47. The average molecular weight is 346 g/mol. The molecule has 3 rings (SSSR count). The number of ether oxygens (including phenoxy) is 1. The normalized spacial score (nSPS) is 17.6. The summed E-state index contributed by atoms with van der Waals surface area (Å²) in [6.07, 6.45) is 3.52. The van der Waals surface area contributed by atoms with Crippen LogP contribution >= 0.6 is 11.6 Å². The Bertz CT molecular complexity index is 751. The van der Waals surface area contributed by atoms with Crippen LogP contribution in [0.4, 0.5) is 0 Å². The van der Waals surface area contributed by atoms with E-state index in [1.165, 1.54) is 17.3 Å². The molecular weight excluding hydrogens is 326 g/mol. The average Bonchev–Trinajstić information content (AvgIpc) is 2.61. The van der Waals surface area contributed by atoms with Crippen LogP contribution in [0.5, 0.6) is 5.75 Å². The van der Waals surface area contributed by atoms with Crippen molar-refractivity contribution in [2.45, 2.75) is 25.7 Å². The Morgan fingerprint density at radius 2 is 2.21 bits per heavy atom. The van der Waals surface area contributed by atoms with E-state index in [9.17, 15) is 4.79 Å². The molecule has 6 heteroatoms. The number of halogens is 1. The number of benzene rings is 1. The van der Waals surface area contributed by atoms with Gasteiger partial charge in [-0.25, -0.2) is 0 Å². The van der Waals surface area contributed by atoms with Gasteiger partial charge in [-0.1, -0.05) is 17.7 Å². The third kappa shape index (κ3) is 3.51. The van der Waals surface area contributed by atoms with Crippen LogP contribution in [0.2, 0.25) is 5.15 Å². The van der Waals surface area contributed by atoms with E-state index >= 15 is 0 Å². The first-order valence-electron chi connectivity index (χ1n) is 8.00. The highest BCUT2D eigenvalue weighted by molar-refractivity contribution is 6.29. The molecule has 24 heavy (non-hydrogen) atoms. The number of methoxy groups -OCH3 is 1. The van der Waals surface area contributed by atoms with Crippen molar-refractivity contribution >= 4 is 17.5 Å². The molecule has 1 amide bonds. The van der Waals surface area contributed by atoms with Crippen molar-refractivity contribution in [1.82, 2.24) is 15.1 Å². The molecule has 1 aliphatic heterocycles. The van der Waals surface area contributed by atoms with Crippen LogP contribution in [-0.4, -0.2) is 41.2 Å². The lowest BCUT2D eigenvalue weighted by Gasteiger charge is -2.33. The fraction of sp³-hybridized carbons (Fsp3) is 0.389. The Morgan fingerprint density at radius 1 is 1.38 bits per heavy atom. The second-order valence-electron chi connectivity index (χ2n) is 6.08. The van der Waals surface area contributed by atoms with Gasteiger partial charge in [0.25, 0.3) is 5.91 Å². The van der Waals surface area contributed by atoms with Gasteiger partial charge in [0.1, 0.15) is 5.75 Å². The summed E-state index contributed by atoms with van der Waals surface area (Å²) in [7, 11) is 1.67. The summed E-state index contributed by atoms with van der Waals surface area (Å²) in [6, 6.07) is 7.70. The van der Waals surface area contributed by atoms with E-state index in [0.29, 0.717) is 18.0 Å². The Morgan fingerprint density at radius 3 is 2.92 bits per heavy atom. The van der Waals surface area contributed by atoms with Gasteiger partial charge in [-0.05, 0) is 49.1 Å². The number of hydrogen-bond acceptors (Lipinski definition) is 4. The van der Waals surface area contributed by atoms with Gasteiger partial charge in [0.05, 0.1) is 18.9 Å². The van der Waals surface area contributed by atoms with Crippen molar-refractivity contribution in [2.75, 3.05) is 20.2 Å². The topological polar surface area (TPSA) is 55.3 Å². The molecule has 1 aliphatic rings. The zero-order valence-corrected chi connectivity index (χ0v) is 14.6. The summed E-state index contributed by atoms with van der Waals surface area (Å²) in [6.45, 7) is 3.54. The highest BCUT2D eigenvalue weighted by Crippen LogP contribution is 2.31. The van der Waals surface area contributed by atoms with Crippen molar-refractivity contribution in [3.63, 3.8) is 0 Å². The number of likely N-dealkylation sites (tertiary alicyclic amines) is 1. The second kappa shape index (κ2) is 7.18. The van der Waals surface area contributed by atoms with Gasteiger partial charge in [0.15, 0.2) is 5.15 Å². The van der Waals surface area contributed by atoms with Crippen LogP contribution in [0.25, 0.3) is 0 Å². The summed E-state index contributed by atoms with van der Waals surface area (Å²) in [5.41, 5.74) is 2.96. The van der Waals surface area contributed by atoms with Crippen molar-refractivity contribution in [2.24, 2.45) is 0 Å². The van der Waals surface area contributed by atoms with Crippen molar-refractivity contribution in [3.05, 3.63) is 52.3 Å². The fourth-order valence-corrected chi connectivity index (χ4v) is 3.45. The Kier molecular flexibility index (Phi) is 5.00. The van der Waals surface area contributed by atoms with Gasteiger partial charge in [-0.15, -0.1) is 5.10 Å². The number of carbonyl (C=O) groups is 1. The molecule has 1 fully saturated rings. The van der Waals surface area contributed by atoms with E-state index in [1.807, 2.05) is 17.0 Å². The lowest BCUT2D eigenvalue weighted by Crippen LogP contribution is -2.39. The number of aryl methyl sites for hydroxylation is 1. The van der Waals surface area contributed by atoms with Gasteiger partial charge in [-0.3, -0.25) is 4.79 Å². The highest BCUT2D eigenvalue weighted by atomic mass is 35.5. The van der Waals surface area contributed by atoms with E-state index in [4.69, 9.17) is 16.3 Å². The summed E-state index contributed by atoms with van der Waals surface area (Å²) < 4.78 is 5.28. The van der Waals surface area contributed by atoms with E-state index in [1.54, 1.807) is 13.2 Å². The number of nitrogens with zero attached hydrogens (tertiary/aromatic N) is 3. The molecule has 0 spiro atoms. The van der Waals surface area contributed by atoms with Crippen molar-refractivity contribution in [1.29, 1.82) is 0 Å². The molecule has 0 aliphatic carbocycles. The number of hydrogen-bond donors (Lipinski definition) is 0. The van der Waals surface area contributed by atoms with E-state index in [0.717, 1.165) is 25.1 Å². The zero-order chi connectivity index (χ0) is 17.1. The molecule has 1 atom stereocenters. The minimum Gasteiger partial charge on any atom is -0.497 e. The first kappa shape index (κ1) is 16.7. The van der Waals surface area contributed by atoms with Crippen LogP contribution in [0, 0.1) is 6.92 Å². The molecule has 5 nitrogen and oxygen atoms in total. The maximum atomic E-state index is 12.7.